The molecule has 2 rings (SSSR count). The SMILES string of the molecule is CC(=NNC(=O)[C@@H](C)Nc1ccc(Cl)cc1C)c1ccc(Br)cc1. The second-order valence-corrected chi connectivity index (χ2v) is 6.86. The van der Waals surface area contributed by atoms with Gasteiger partial charge in [0.05, 0.1) is 5.71 Å². The van der Waals surface area contributed by atoms with Gasteiger partial charge < -0.3 is 5.32 Å². The van der Waals surface area contributed by atoms with Crippen LogP contribution in [-0.4, -0.2) is 17.7 Å². The summed E-state index contributed by atoms with van der Waals surface area (Å²) in [7, 11) is 0. The van der Waals surface area contributed by atoms with Crippen LogP contribution in [0.5, 0.6) is 0 Å². The van der Waals surface area contributed by atoms with Gasteiger partial charge in [0.25, 0.3) is 5.91 Å². The number of carbonyl (C=O) groups excluding carboxylic acids is 1. The van der Waals surface area contributed by atoms with Gasteiger partial charge in [-0.05, 0) is 62.2 Å². The van der Waals surface area contributed by atoms with Crippen molar-refractivity contribution in [1.29, 1.82) is 0 Å². The minimum atomic E-state index is -0.425. The number of amides is 1. The Kier molecular flexibility index (Phi) is 6.40. The number of hydrogen-bond donors (Lipinski definition) is 2. The highest BCUT2D eigenvalue weighted by Gasteiger charge is 2.13. The van der Waals surface area contributed by atoms with Crippen molar-refractivity contribution in [3.05, 3.63) is 63.1 Å². The molecule has 6 heteroatoms. The fourth-order valence-electron chi connectivity index (χ4n) is 2.08. The number of anilines is 1. The summed E-state index contributed by atoms with van der Waals surface area (Å²) in [5.41, 5.74) is 6.14. The van der Waals surface area contributed by atoms with Crippen molar-refractivity contribution in [2.24, 2.45) is 5.10 Å². The van der Waals surface area contributed by atoms with Gasteiger partial charge in [-0.25, -0.2) is 5.43 Å². The number of hydrogen-bond acceptors (Lipinski definition) is 3. The molecule has 2 aromatic carbocycles. The average Bonchev–Trinajstić information content (AvgIpc) is 2.55. The summed E-state index contributed by atoms with van der Waals surface area (Å²) in [5.74, 6) is -0.208. The highest BCUT2D eigenvalue weighted by Crippen LogP contribution is 2.20. The first-order valence-electron chi connectivity index (χ1n) is 7.49. The van der Waals surface area contributed by atoms with Gasteiger partial charge in [-0.3, -0.25) is 4.79 Å². The number of hydrazone groups is 1. The summed E-state index contributed by atoms with van der Waals surface area (Å²) >= 11 is 9.33. The van der Waals surface area contributed by atoms with E-state index in [1.54, 1.807) is 13.0 Å². The molecule has 0 radical (unpaired) electrons. The van der Waals surface area contributed by atoms with Gasteiger partial charge in [0, 0.05) is 15.2 Å². The number of aryl methyl sites for hydroxylation is 1. The second-order valence-electron chi connectivity index (χ2n) is 5.51. The number of halogens is 2. The molecular formula is C18H19BrClN3O. The third-order valence-electron chi connectivity index (χ3n) is 3.55. The molecule has 0 fully saturated rings. The fraction of sp³-hybridized carbons (Fsp3) is 0.222. The van der Waals surface area contributed by atoms with Crippen LogP contribution in [0.15, 0.2) is 52.0 Å². The van der Waals surface area contributed by atoms with Gasteiger partial charge in [-0.15, -0.1) is 0 Å². The van der Waals surface area contributed by atoms with E-state index in [0.717, 1.165) is 27.0 Å². The van der Waals surface area contributed by atoms with Crippen LogP contribution >= 0.6 is 27.5 Å². The molecule has 0 aromatic heterocycles. The minimum absolute atomic E-state index is 0.208. The van der Waals surface area contributed by atoms with Crippen LogP contribution < -0.4 is 10.7 Å². The van der Waals surface area contributed by atoms with Gasteiger partial charge in [-0.2, -0.15) is 5.10 Å². The third-order valence-corrected chi connectivity index (χ3v) is 4.31. The predicted molar refractivity (Wildman–Crippen MR) is 104 cm³/mol. The maximum absolute atomic E-state index is 12.2. The molecule has 2 N–H and O–H groups in total. The molecule has 0 spiro atoms. The predicted octanol–water partition coefficient (Wildman–Crippen LogP) is 4.75. The number of rotatable bonds is 5. The molecule has 0 aliphatic carbocycles. The van der Waals surface area contributed by atoms with Crippen LogP contribution in [0.3, 0.4) is 0 Å². The molecular weight excluding hydrogens is 390 g/mol. The van der Waals surface area contributed by atoms with Gasteiger partial charge in [0.15, 0.2) is 0 Å². The first-order chi connectivity index (χ1) is 11.4. The Bertz CT molecular complexity index is 759. The van der Waals surface area contributed by atoms with Crippen molar-refractivity contribution in [2.45, 2.75) is 26.8 Å². The molecule has 0 unspecified atom stereocenters. The van der Waals surface area contributed by atoms with E-state index >= 15 is 0 Å². The van der Waals surface area contributed by atoms with E-state index < -0.39 is 6.04 Å². The lowest BCUT2D eigenvalue weighted by Crippen LogP contribution is -2.35. The topological polar surface area (TPSA) is 53.5 Å². The average molecular weight is 409 g/mol. The molecule has 2 aromatic rings. The Morgan fingerprint density at radius 3 is 2.50 bits per heavy atom. The first kappa shape index (κ1) is 18.5. The molecule has 0 heterocycles. The normalized spacial score (nSPS) is 12.6. The maximum atomic E-state index is 12.2. The molecule has 1 amide bonds. The van der Waals surface area contributed by atoms with Crippen LogP contribution in [-0.2, 0) is 4.79 Å². The van der Waals surface area contributed by atoms with Gasteiger partial charge in [0.1, 0.15) is 6.04 Å². The van der Waals surface area contributed by atoms with Crippen molar-refractivity contribution < 1.29 is 4.79 Å². The zero-order chi connectivity index (χ0) is 17.7. The lowest BCUT2D eigenvalue weighted by Gasteiger charge is -2.16. The summed E-state index contributed by atoms with van der Waals surface area (Å²) < 4.78 is 0.999. The molecule has 0 saturated heterocycles. The standard InChI is InChI=1S/C18H19BrClN3O/c1-11-10-16(20)8-9-17(11)21-13(3)18(24)23-22-12(2)14-4-6-15(19)7-5-14/h4-10,13,21H,1-3H3,(H,23,24)/t13-/m1/s1. The van der Waals surface area contributed by atoms with Crippen molar-refractivity contribution in [1.82, 2.24) is 5.43 Å². The third kappa shape index (κ3) is 5.08. The Morgan fingerprint density at radius 2 is 1.88 bits per heavy atom. The zero-order valence-electron chi connectivity index (χ0n) is 13.7. The molecule has 0 aliphatic heterocycles. The lowest BCUT2D eigenvalue weighted by molar-refractivity contribution is -0.121. The van der Waals surface area contributed by atoms with Crippen molar-refractivity contribution in [3.8, 4) is 0 Å². The summed E-state index contributed by atoms with van der Waals surface area (Å²) in [6, 6.07) is 12.8. The van der Waals surface area contributed by atoms with E-state index in [0.29, 0.717) is 5.02 Å². The van der Waals surface area contributed by atoms with E-state index in [4.69, 9.17) is 11.6 Å². The summed E-state index contributed by atoms with van der Waals surface area (Å²) in [4.78, 5) is 12.2. The molecule has 24 heavy (non-hydrogen) atoms. The summed E-state index contributed by atoms with van der Waals surface area (Å²) in [6.45, 7) is 5.58. The van der Waals surface area contributed by atoms with Crippen molar-refractivity contribution in [2.75, 3.05) is 5.32 Å². The quantitative estimate of drug-likeness (QED) is 0.554. The van der Waals surface area contributed by atoms with Crippen molar-refractivity contribution >= 4 is 44.8 Å². The Balaban J connectivity index is 1.98. The number of nitrogens with zero attached hydrogens (tertiary/aromatic N) is 1. The van der Waals surface area contributed by atoms with Crippen LogP contribution in [0, 0.1) is 6.92 Å². The number of benzene rings is 2. The monoisotopic (exact) mass is 407 g/mol. The van der Waals surface area contributed by atoms with E-state index in [9.17, 15) is 4.79 Å². The second kappa shape index (κ2) is 8.31. The Labute approximate surface area is 155 Å². The zero-order valence-corrected chi connectivity index (χ0v) is 16.1. The van der Waals surface area contributed by atoms with Crippen LogP contribution in [0.4, 0.5) is 5.69 Å². The fourth-order valence-corrected chi connectivity index (χ4v) is 2.57. The smallest absolute Gasteiger partial charge is 0.262 e. The molecule has 0 bridgehead atoms. The van der Waals surface area contributed by atoms with E-state index in [1.165, 1.54) is 0 Å². The first-order valence-corrected chi connectivity index (χ1v) is 8.66. The molecule has 1 atom stereocenters. The number of nitrogens with one attached hydrogen (secondary N) is 2. The van der Waals surface area contributed by atoms with Crippen molar-refractivity contribution in [3.63, 3.8) is 0 Å². The Morgan fingerprint density at radius 1 is 1.21 bits per heavy atom. The van der Waals surface area contributed by atoms with Crippen LogP contribution in [0.1, 0.15) is 25.0 Å². The largest absolute Gasteiger partial charge is 0.374 e. The number of carbonyl (C=O) groups is 1. The highest BCUT2D eigenvalue weighted by molar-refractivity contribution is 9.10. The minimum Gasteiger partial charge on any atom is -0.374 e. The molecule has 0 aliphatic rings. The van der Waals surface area contributed by atoms with Gasteiger partial charge in [0.2, 0.25) is 0 Å². The van der Waals surface area contributed by atoms with E-state index in [2.05, 4.69) is 31.8 Å². The van der Waals surface area contributed by atoms with Gasteiger partial charge in [-0.1, -0.05) is 39.7 Å². The molecule has 0 saturated carbocycles. The Hall–Kier alpha value is -1.85. The summed E-state index contributed by atoms with van der Waals surface area (Å²) in [6.07, 6.45) is 0. The van der Waals surface area contributed by atoms with E-state index in [-0.39, 0.29) is 5.91 Å². The van der Waals surface area contributed by atoms with Gasteiger partial charge >= 0.3 is 0 Å². The highest BCUT2D eigenvalue weighted by atomic mass is 79.9. The van der Waals surface area contributed by atoms with E-state index in [1.807, 2.05) is 50.2 Å². The maximum Gasteiger partial charge on any atom is 0.262 e. The van der Waals surface area contributed by atoms with Crippen LogP contribution in [0.25, 0.3) is 0 Å². The molecule has 126 valence electrons. The lowest BCUT2D eigenvalue weighted by atomic mass is 10.1. The summed E-state index contributed by atoms with van der Waals surface area (Å²) in [5, 5.41) is 8.00. The molecule has 4 nitrogen and oxygen atoms in total. The van der Waals surface area contributed by atoms with Crippen LogP contribution in [0.2, 0.25) is 5.02 Å².